The number of amides is 1. The Balaban J connectivity index is 2.74. The van der Waals surface area contributed by atoms with Crippen LogP contribution in [-0.2, 0) is 0 Å². The van der Waals surface area contributed by atoms with Crippen molar-refractivity contribution in [1.29, 1.82) is 0 Å². The first-order valence-corrected chi connectivity index (χ1v) is 6.88. The average molecular weight is 322 g/mol. The number of carbonyl (C=O) groups excluding carboxylic acids is 1. The van der Waals surface area contributed by atoms with Gasteiger partial charge in [-0.15, -0.1) is 0 Å². The van der Waals surface area contributed by atoms with Crippen molar-refractivity contribution in [1.82, 2.24) is 5.32 Å². The lowest BCUT2D eigenvalue weighted by Gasteiger charge is -2.15. The molecule has 118 valence electrons. The number of alkyl halides is 2. The van der Waals surface area contributed by atoms with Gasteiger partial charge in [0.05, 0.1) is 11.7 Å². The van der Waals surface area contributed by atoms with E-state index in [0.29, 0.717) is 6.42 Å². The summed E-state index contributed by atoms with van der Waals surface area (Å²) in [4.78, 5) is 12.0. The topological polar surface area (TPSA) is 58.6 Å². The van der Waals surface area contributed by atoms with Crippen molar-refractivity contribution in [2.24, 2.45) is 5.92 Å². The van der Waals surface area contributed by atoms with Crippen LogP contribution in [0.4, 0.5) is 8.78 Å². The lowest BCUT2D eigenvalue weighted by molar-refractivity contribution is -0.0501. The van der Waals surface area contributed by atoms with E-state index in [4.69, 9.17) is 11.6 Å². The van der Waals surface area contributed by atoms with E-state index in [1.54, 1.807) is 0 Å². The summed E-state index contributed by atoms with van der Waals surface area (Å²) in [5, 5.41) is 12.4. The molecule has 0 aliphatic rings. The van der Waals surface area contributed by atoms with Crippen LogP contribution in [0, 0.1) is 5.92 Å². The van der Waals surface area contributed by atoms with E-state index >= 15 is 0 Å². The lowest BCUT2D eigenvalue weighted by Crippen LogP contribution is -2.33. The highest BCUT2D eigenvalue weighted by molar-refractivity contribution is 6.31. The molecule has 0 heterocycles. The normalized spacial score (nSPS) is 12.6. The van der Waals surface area contributed by atoms with Gasteiger partial charge in [0.25, 0.3) is 5.91 Å². The van der Waals surface area contributed by atoms with Gasteiger partial charge in [-0.2, -0.15) is 8.78 Å². The van der Waals surface area contributed by atoms with E-state index in [2.05, 4.69) is 10.1 Å². The van der Waals surface area contributed by atoms with E-state index in [9.17, 15) is 18.7 Å². The number of carbonyl (C=O) groups is 1. The Morgan fingerprint density at radius 3 is 2.67 bits per heavy atom. The van der Waals surface area contributed by atoms with Crippen LogP contribution in [0.5, 0.6) is 5.75 Å². The lowest BCUT2D eigenvalue weighted by atomic mass is 10.1. The first-order valence-electron chi connectivity index (χ1n) is 6.50. The minimum Gasteiger partial charge on any atom is -0.434 e. The fourth-order valence-electron chi connectivity index (χ4n) is 1.81. The molecule has 1 amide bonds. The third kappa shape index (κ3) is 6.27. The fraction of sp³-hybridized carbons (Fsp3) is 0.500. The molecule has 1 unspecified atom stereocenters. The third-order valence-corrected chi connectivity index (χ3v) is 2.88. The van der Waals surface area contributed by atoms with Crippen LogP contribution in [0.25, 0.3) is 0 Å². The van der Waals surface area contributed by atoms with Crippen molar-refractivity contribution in [2.45, 2.75) is 33.0 Å². The molecular formula is C14H18ClF2NO3. The Kier molecular flexibility index (Phi) is 6.84. The zero-order valence-electron chi connectivity index (χ0n) is 11.8. The zero-order valence-corrected chi connectivity index (χ0v) is 12.5. The molecule has 1 aromatic rings. The maximum absolute atomic E-state index is 12.3. The number of nitrogens with one attached hydrogen (secondary N) is 1. The molecule has 0 saturated carbocycles. The number of aliphatic hydroxyl groups excluding tert-OH is 1. The van der Waals surface area contributed by atoms with Gasteiger partial charge < -0.3 is 15.2 Å². The number of rotatable bonds is 7. The monoisotopic (exact) mass is 321 g/mol. The summed E-state index contributed by atoms with van der Waals surface area (Å²) in [6.45, 7) is 0.870. The third-order valence-electron chi connectivity index (χ3n) is 2.64. The molecule has 0 aliphatic heterocycles. The Hall–Kier alpha value is -1.40. The molecule has 1 rings (SSSR count). The predicted octanol–water partition coefficient (Wildman–Crippen LogP) is 3.08. The van der Waals surface area contributed by atoms with E-state index in [0.717, 1.165) is 0 Å². The highest BCUT2D eigenvalue weighted by Gasteiger charge is 2.17. The number of hydrogen-bond donors (Lipinski definition) is 2. The van der Waals surface area contributed by atoms with Crippen molar-refractivity contribution >= 4 is 17.5 Å². The van der Waals surface area contributed by atoms with Crippen LogP contribution in [0.15, 0.2) is 18.2 Å². The van der Waals surface area contributed by atoms with Gasteiger partial charge in [0.15, 0.2) is 0 Å². The Morgan fingerprint density at radius 2 is 2.10 bits per heavy atom. The van der Waals surface area contributed by atoms with Crippen molar-refractivity contribution in [3.05, 3.63) is 28.8 Å². The fourth-order valence-corrected chi connectivity index (χ4v) is 1.98. The quantitative estimate of drug-likeness (QED) is 0.811. The molecule has 1 atom stereocenters. The number of hydrogen-bond acceptors (Lipinski definition) is 3. The van der Waals surface area contributed by atoms with E-state index in [1.807, 2.05) is 13.8 Å². The maximum Gasteiger partial charge on any atom is 0.387 e. The maximum atomic E-state index is 12.3. The van der Waals surface area contributed by atoms with E-state index in [1.165, 1.54) is 18.2 Å². The van der Waals surface area contributed by atoms with Gasteiger partial charge in [-0.05, 0) is 30.5 Å². The van der Waals surface area contributed by atoms with Crippen molar-refractivity contribution < 1.29 is 23.4 Å². The predicted molar refractivity (Wildman–Crippen MR) is 75.9 cm³/mol. The van der Waals surface area contributed by atoms with Crippen LogP contribution < -0.4 is 10.1 Å². The minimum atomic E-state index is -3.04. The zero-order chi connectivity index (χ0) is 16.0. The van der Waals surface area contributed by atoms with Crippen molar-refractivity contribution in [3.8, 4) is 5.75 Å². The van der Waals surface area contributed by atoms with Crippen LogP contribution in [0.2, 0.25) is 5.02 Å². The second-order valence-corrected chi connectivity index (χ2v) is 5.45. The Bertz CT molecular complexity index is 483. The number of ether oxygens (including phenoxy) is 1. The largest absolute Gasteiger partial charge is 0.434 e. The van der Waals surface area contributed by atoms with Crippen LogP contribution >= 0.6 is 11.6 Å². The molecule has 7 heteroatoms. The van der Waals surface area contributed by atoms with Gasteiger partial charge >= 0.3 is 6.61 Å². The molecule has 0 radical (unpaired) electrons. The average Bonchev–Trinajstić information content (AvgIpc) is 2.36. The second kappa shape index (κ2) is 8.14. The second-order valence-electron chi connectivity index (χ2n) is 5.01. The van der Waals surface area contributed by atoms with E-state index in [-0.39, 0.29) is 28.8 Å². The molecule has 0 spiro atoms. The molecule has 0 saturated heterocycles. The summed E-state index contributed by atoms with van der Waals surface area (Å²) in [6, 6.07) is 3.79. The van der Waals surface area contributed by atoms with Crippen molar-refractivity contribution in [2.75, 3.05) is 6.54 Å². The van der Waals surface area contributed by atoms with Crippen LogP contribution in [0.3, 0.4) is 0 Å². The van der Waals surface area contributed by atoms with Crippen LogP contribution in [0.1, 0.15) is 30.6 Å². The summed E-state index contributed by atoms with van der Waals surface area (Å²) in [5.74, 6) is -0.609. The van der Waals surface area contributed by atoms with Gasteiger partial charge in [0, 0.05) is 11.6 Å². The number of benzene rings is 1. The summed E-state index contributed by atoms with van der Waals surface area (Å²) < 4.78 is 28.9. The first kappa shape index (κ1) is 17.7. The van der Waals surface area contributed by atoms with Gasteiger partial charge in [0.1, 0.15) is 5.75 Å². The molecular weight excluding hydrogens is 304 g/mol. The smallest absolute Gasteiger partial charge is 0.387 e. The molecule has 21 heavy (non-hydrogen) atoms. The number of aliphatic hydroxyl groups is 1. The first-order chi connectivity index (χ1) is 9.79. The summed E-state index contributed by atoms with van der Waals surface area (Å²) in [5.41, 5.74) is -0.0976. The summed E-state index contributed by atoms with van der Waals surface area (Å²) in [6.07, 6.45) is -0.177. The molecule has 0 aromatic heterocycles. The van der Waals surface area contributed by atoms with Gasteiger partial charge in [-0.25, -0.2) is 0 Å². The SMILES string of the molecule is CC(C)CC(O)CNC(=O)c1cc(Cl)ccc1OC(F)F. The minimum absolute atomic E-state index is 0.0254. The standard InChI is InChI=1S/C14H18ClF2NO3/c1-8(2)5-10(19)7-18-13(20)11-6-9(15)3-4-12(11)21-14(16)17/h3-4,6,8,10,14,19H,5,7H2,1-2H3,(H,18,20). The van der Waals surface area contributed by atoms with Crippen LogP contribution in [-0.4, -0.2) is 30.3 Å². The van der Waals surface area contributed by atoms with Gasteiger partial charge in [-0.3, -0.25) is 4.79 Å². The summed E-state index contributed by atoms with van der Waals surface area (Å²) >= 11 is 5.76. The van der Waals surface area contributed by atoms with Gasteiger partial charge in [-0.1, -0.05) is 25.4 Å². The molecule has 0 bridgehead atoms. The number of halogens is 3. The molecule has 0 fully saturated rings. The highest BCUT2D eigenvalue weighted by Crippen LogP contribution is 2.24. The molecule has 2 N–H and O–H groups in total. The Labute approximate surface area is 127 Å². The summed E-state index contributed by atoms with van der Waals surface area (Å²) in [7, 11) is 0. The highest BCUT2D eigenvalue weighted by atomic mass is 35.5. The molecule has 1 aromatic carbocycles. The molecule has 0 aliphatic carbocycles. The van der Waals surface area contributed by atoms with Crippen molar-refractivity contribution in [3.63, 3.8) is 0 Å². The molecule has 4 nitrogen and oxygen atoms in total. The Morgan fingerprint density at radius 1 is 1.43 bits per heavy atom. The van der Waals surface area contributed by atoms with Gasteiger partial charge in [0.2, 0.25) is 0 Å². The van der Waals surface area contributed by atoms with E-state index < -0.39 is 18.6 Å².